The van der Waals surface area contributed by atoms with E-state index in [1.54, 1.807) is 24.0 Å². The normalized spacial score (nSPS) is 12.4. The van der Waals surface area contributed by atoms with Gasteiger partial charge in [-0.15, -0.1) is 5.10 Å². The van der Waals surface area contributed by atoms with Gasteiger partial charge in [0.1, 0.15) is 0 Å². The van der Waals surface area contributed by atoms with Crippen LogP contribution in [0.15, 0.2) is 12.4 Å². The quantitative estimate of drug-likeness (QED) is 0.647. The molecular weight excluding hydrogens is 184 g/mol. The SMILES string of the molecule is CC(CO)NC(=O)CCn1ccnn1. The van der Waals surface area contributed by atoms with Crippen LogP contribution in [-0.4, -0.2) is 38.7 Å². The smallest absolute Gasteiger partial charge is 0.222 e. The summed E-state index contributed by atoms with van der Waals surface area (Å²) in [6, 6.07) is -0.196. The summed E-state index contributed by atoms with van der Waals surface area (Å²) >= 11 is 0. The lowest BCUT2D eigenvalue weighted by Crippen LogP contribution is -2.35. The minimum Gasteiger partial charge on any atom is -0.394 e. The number of aliphatic hydroxyl groups is 1. The molecule has 0 fully saturated rings. The second-order valence-electron chi connectivity index (χ2n) is 3.07. The monoisotopic (exact) mass is 198 g/mol. The molecule has 1 heterocycles. The van der Waals surface area contributed by atoms with Gasteiger partial charge in [0, 0.05) is 18.7 Å². The highest BCUT2D eigenvalue weighted by Gasteiger charge is 2.05. The first-order valence-corrected chi connectivity index (χ1v) is 4.46. The number of nitrogens with zero attached hydrogens (tertiary/aromatic N) is 3. The first kappa shape index (κ1) is 10.6. The second kappa shape index (κ2) is 5.33. The van der Waals surface area contributed by atoms with E-state index >= 15 is 0 Å². The van der Waals surface area contributed by atoms with E-state index < -0.39 is 0 Å². The molecule has 1 aromatic rings. The number of rotatable bonds is 5. The summed E-state index contributed by atoms with van der Waals surface area (Å²) in [6.07, 6.45) is 3.60. The number of hydrogen-bond acceptors (Lipinski definition) is 4. The van der Waals surface area contributed by atoms with E-state index in [9.17, 15) is 4.79 Å². The predicted molar refractivity (Wildman–Crippen MR) is 49.3 cm³/mol. The van der Waals surface area contributed by atoms with Gasteiger partial charge < -0.3 is 10.4 Å². The van der Waals surface area contributed by atoms with Crippen LogP contribution in [0.1, 0.15) is 13.3 Å². The summed E-state index contributed by atoms with van der Waals surface area (Å²) < 4.78 is 1.59. The Morgan fingerprint density at radius 3 is 3.07 bits per heavy atom. The number of carbonyl (C=O) groups excluding carboxylic acids is 1. The number of hydrogen-bond donors (Lipinski definition) is 2. The molecule has 1 aromatic heterocycles. The number of carbonyl (C=O) groups is 1. The van der Waals surface area contributed by atoms with Gasteiger partial charge in [-0.05, 0) is 6.92 Å². The lowest BCUT2D eigenvalue weighted by Gasteiger charge is -2.10. The van der Waals surface area contributed by atoms with Crippen molar-refractivity contribution in [2.24, 2.45) is 0 Å². The molecule has 0 aliphatic rings. The summed E-state index contributed by atoms with van der Waals surface area (Å²) in [4.78, 5) is 11.2. The first-order chi connectivity index (χ1) is 6.72. The highest BCUT2D eigenvalue weighted by molar-refractivity contribution is 5.76. The second-order valence-corrected chi connectivity index (χ2v) is 3.07. The Morgan fingerprint density at radius 1 is 1.71 bits per heavy atom. The van der Waals surface area contributed by atoms with Crippen LogP contribution in [0.3, 0.4) is 0 Å². The number of amides is 1. The summed E-state index contributed by atoms with van der Waals surface area (Å²) in [7, 11) is 0. The molecule has 0 aromatic carbocycles. The summed E-state index contributed by atoms with van der Waals surface area (Å²) in [6.45, 7) is 2.20. The highest BCUT2D eigenvalue weighted by Crippen LogP contribution is 1.89. The maximum absolute atomic E-state index is 11.2. The van der Waals surface area contributed by atoms with E-state index in [4.69, 9.17) is 5.11 Å². The summed E-state index contributed by atoms with van der Waals surface area (Å²) in [5.74, 6) is -0.0953. The highest BCUT2D eigenvalue weighted by atomic mass is 16.3. The number of aliphatic hydroxyl groups excluding tert-OH is 1. The Kier molecular flexibility index (Phi) is 4.06. The molecule has 0 bridgehead atoms. The molecule has 0 saturated carbocycles. The van der Waals surface area contributed by atoms with E-state index in [1.807, 2.05) is 0 Å². The standard InChI is InChI=1S/C8H14N4O2/c1-7(6-13)10-8(14)2-4-12-5-3-9-11-12/h3,5,7,13H,2,4,6H2,1H3,(H,10,14). The van der Waals surface area contributed by atoms with Crippen LogP contribution in [0.5, 0.6) is 0 Å². The van der Waals surface area contributed by atoms with Gasteiger partial charge in [0.25, 0.3) is 0 Å². The van der Waals surface area contributed by atoms with Gasteiger partial charge in [0.05, 0.1) is 19.3 Å². The van der Waals surface area contributed by atoms with E-state index in [1.165, 1.54) is 0 Å². The minimum absolute atomic E-state index is 0.0466. The zero-order valence-electron chi connectivity index (χ0n) is 8.05. The fourth-order valence-electron chi connectivity index (χ4n) is 0.961. The van der Waals surface area contributed by atoms with Gasteiger partial charge in [-0.3, -0.25) is 9.48 Å². The van der Waals surface area contributed by atoms with Gasteiger partial charge in [0.2, 0.25) is 5.91 Å². The molecule has 0 spiro atoms. The lowest BCUT2D eigenvalue weighted by molar-refractivity contribution is -0.122. The van der Waals surface area contributed by atoms with Crippen molar-refractivity contribution < 1.29 is 9.90 Å². The van der Waals surface area contributed by atoms with E-state index in [0.717, 1.165) is 0 Å². The molecule has 2 N–H and O–H groups in total. The van der Waals surface area contributed by atoms with Crippen molar-refractivity contribution in [1.29, 1.82) is 0 Å². The molecule has 0 aliphatic carbocycles. The van der Waals surface area contributed by atoms with Crippen LogP contribution >= 0.6 is 0 Å². The topological polar surface area (TPSA) is 80.0 Å². The van der Waals surface area contributed by atoms with E-state index in [-0.39, 0.29) is 18.6 Å². The summed E-state index contributed by atoms with van der Waals surface area (Å²) in [5, 5.41) is 18.7. The van der Waals surface area contributed by atoms with Crippen molar-refractivity contribution in [2.75, 3.05) is 6.61 Å². The fourth-order valence-corrected chi connectivity index (χ4v) is 0.961. The molecule has 1 unspecified atom stereocenters. The maximum atomic E-state index is 11.2. The molecule has 1 atom stereocenters. The Balaban J connectivity index is 2.22. The van der Waals surface area contributed by atoms with Gasteiger partial charge >= 0.3 is 0 Å². The Hall–Kier alpha value is -1.43. The van der Waals surface area contributed by atoms with Crippen LogP contribution in [0, 0.1) is 0 Å². The molecule has 14 heavy (non-hydrogen) atoms. The van der Waals surface area contributed by atoms with Crippen LogP contribution < -0.4 is 5.32 Å². The predicted octanol–water partition coefficient (Wildman–Crippen LogP) is -0.835. The Bertz CT molecular complexity index is 273. The van der Waals surface area contributed by atoms with E-state index in [2.05, 4.69) is 15.6 Å². The molecule has 6 nitrogen and oxygen atoms in total. The van der Waals surface area contributed by atoms with Crippen molar-refractivity contribution in [1.82, 2.24) is 20.3 Å². The van der Waals surface area contributed by atoms with Crippen molar-refractivity contribution in [3.8, 4) is 0 Å². The average molecular weight is 198 g/mol. The van der Waals surface area contributed by atoms with Crippen molar-refractivity contribution in [3.63, 3.8) is 0 Å². The molecular formula is C8H14N4O2. The molecule has 6 heteroatoms. The number of aryl methyl sites for hydroxylation is 1. The van der Waals surface area contributed by atoms with Gasteiger partial charge in [-0.1, -0.05) is 5.21 Å². The molecule has 78 valence electrons. The van der Waals surface area contributed by atoms with Gasteiger partial charge in [-0.2, -0.15) is 0 Å². The van der Waals surface area contributed by atoms with Crippen LogP contribution in [-0.2, 0) is 11.3 Å². The molecule has 0 aliphatic heterocycles. The third kappa shape index (κ3) is 3.53. The van der Waals surface area contributed by atoms with Crippen LogP contribution in [0.25, 0.3) is 0 Å². The zero-order chi connectivity index (χ0) is 10.4. The van der Waals surface area contributed by atoms with Crippen molar-refractivity contribution >= 4 is 5.91 Å². The van der Waals surface area contributed by atoms with Crippen LogP contribution in [0.2, 0.25) is 0 Å². The fraction of sp³-hybridized carbons (Fsp3) is 0.625. The molecule has 0 saturated heterocycles. The average Bonchev–Trinajstić information content (AvgIpc) is 2.67. The maximum Gasteiger partial charge on any atom is 0.222 e. The Morgan fingerprint density at radius 2 is 2.50 bits per heavy atom. The molecule has 1 amide bonds. The van der Waals surface area contributed by atoms with Crippen molar-refractivity contribution in [2.45, 2.75) is 25.9 Å². The largest absolute Gasteiger partial charge is 0.394 e. The minimum atomic E-state index is -0.196. The lowest BCUT2D eigenvalue weighted by atomic mass is 10.3. The number of aromatic nitrogens is 3. The van der Waals surface area contributed by atoms with Crippen LogP contribution in [0.4, 0.5) is 0 Å². The van der Waals surface area contributed by atoms with Gasteiger partial charge in [-0.25, -0.2) is 0 Å². The van der Waals surface area contributed by atoms with Crippen molar-refractivity contribution in [3.05, 3.63) is 12.4 Å². The van der Waals surface area contributed by atoms with Gasteiger partial charge in [0.15, 0.2) is 0 Å². The molecule has 0 radical (unpaired) electrons. The zero-order valence-corrected chi connectivity index (χ0v) is 8.05. The van der Waals surface area contributed by atoms with E-state index in [0.29, 0.717) is 13.0 Å². The number of nitrogens with one attached hydrogen (secondary N) is 1. The molecule has 1 rings (SSSR count). The Labute approximate surface area is 81.9 Å². The third-order valence-electron chi connectivity index (χ3n) is 1.72. The first-order valence-electron chi connectivity index (χ1n) is 4.46. The third-order valence-corrected chi connectivity index (χ3v) is 1.72. The summed E-state index contributed by atoms with van der Waals surface area (Å²) in [5.41, 5.74) is 0.